The lowest BCUT2D eigenvalue weighted by molar-refractivity contribution is -0.123. The molecule has 2 fully saturated rings. The van der Waals surface area contributed by atoms with Crippen LogP contribution in [0.3, 0.4) is 0 Å². The molecule has 1 amide bonds. The maximum atomic E-state index is 12.5. The fourth-order valence-electron chi connectivity index (χ4n) is 3.77. The van der Waals surface area contributed by atoms with Crippen LogP contribution in [0, 0.1) is 5.92 Å². The van der Waals surface area contributed by atoms with Crippen LogP contribution in [0.1, 0.15) is 24.8 Å². The number of carbonyl (C=O) groups excluding carboxylic acids is 1. The van der Waals surface area contributed by atoms with Crippen LogP contribution in [0.5, 0.6) is 0 Å². The van der Waals surface area contributed by atoms with Gasteiger partial charge in [0.1, 0.15) is 0 Å². The molecule has 138 valence electrons. The van der Waals surface area contributed by atoms with Crippen molar-refractivity contribution >= 4 is 5.91 Å². The minimum Gasteiger partial charge on any atom is -0.393 e. The van der Waals surface area contributed by atoms with Gasteiger partial charge in [-0.3, -0.25) is 4.79 Å². The van der Waals surface area contributed by atoms with Gasteiger partial charge in [0.05, 0.1) is 6.10 Å². The van der Waals surface area contributed by atoms with Gasteiger partial charge in [0, 0.05) is 45.2 Å². The molecule has 5 nitrogen and oxygen atoms in total. The van der Waals surface area contributed by atoms with E-state index < -0.39 is 0 Å². The van der Waals surface area contributed by atoms with Crippen LogP contribution < -0.4 is 5.32 Å². The Morgan fingerprint density at radius 2 is 1.88 bits per heavy atom. The number of piperazine rings is 1. The number of benzene rings is 1. The topological polar surface area (TPSA) is 55.8 Å². The van der Waals surface area contributed by atoms with Crippen LogP contribution in [-0.4, -0.2) is 72.7 Å². The van der Waals surface area contributed by atoms with Crippen molar-refractivity contribution in [1.82, 2.24) is 15.1 Å². The fourth-order valence-corrected chi connectivity index (χ4v) is 3.77. The molecule has 5 heteroatoms. The van der Waals surface area contributed by atoms with Crippen molar-refractivity contribution in [2.45, 2.75) is 37.8 Å². The Morgan fingerprint density at radius 1 is 1.20 bits per heavy atom. The summed E-state index contributed by atoms with van der Waals surface area (Å²) in [5, 5.41) is 12.9. The Balaban J connectivity index is 1.48. The highest BCUT2D eigenvalue weighted by molar-refractivity contribution is 5.76. The van der Waals surface area contributed by atoms with Crippen molar-refractivity contribution in [3.8, 4) is 0 Å². The second-order valence-electron chi connectivity index (χ2n) is 7.64. The Morgan fingerprint density at radius 3 is 2.52 bits per heavy atom. The highest BCUT2D eigenvalue weighted by atomic mass is 16.3. The highest BCUT2D eigenvalue weighted by Gasteiger charge is 2.34. The molecular formula is C20H31N3O2. The number of hydrogen-bond acceptors (Lipinski definition) is 4. The lowest BCUT2D eigenvalue weighted by Crippen LogP contribution is -2.49. The van der Waals surface area contributed by atoms with Crippen molar-refractivity contribution in [2.75, 3.05) is 39.8 Å². The summed E-state index contributed by atoms with van der Waals surface area (Å²) in [5.74, 6) is 0.532. The van der Waals surface area contributed by atoms with Gasteiger partial charge in [-0.1, -0.05) is 30.3 Å². The zero-order chi connectivity index (χ0) is 17.6. The molecule has 1 heterocycles. The second kappa shape index (κ2) is 8.79. The van der Waals surface area contributed by atoms with E-state index in [0.717, 1.165) is 52.0 Å². The molecule has 0 aromatic heterocycles. The van der Waals surface area contributed by atoms with E-state index in [0.29, 0.717) is 12.3 Å². The van der Waals surface area contributed by atoms with E-state index in [1.165, 1.54) is 5.56 Å². The molecule has 1 aliphatic carbocycles. The Kier molecular flexibility index (Phi) is 6.45. The van der Waals surface area contributed by atoms with Gasteiger partial charge >= 0.3 is 0 Å². The van der Waals surface area contributed by atoms with Crippen molar-refractivity contribution in [2.24, 2.45) is 5.92 Å². The van der Waals surface area contributed by atoms with Gasteiger partial charge in [-0.2, -0.15) is 0 Å². The molecule has 1 atom stereocenters. The van der Waals surface area contributed by atoms with E-state index in [1.54, 1.807) is 0 Å². The van der Waals surface area contributed by atoms with Gasteiger partial charge in [-0.05, 0) is 37.8 Å². The number of aliphatic hydroxyl groups excluding tert-OH is 1. The number of amides is 1. The molecule has 2 N–H and O–H groups in total. The molecule has 1 unspecified atom stereocenters. The summed E-state index contributed by atoms with van der Waals surface area (Å²) in [7, 11) is 2.14. The number of nitrogens with one attached hydrogen (secondary N) is 1. The van der Waals surface area contributed by atoms with E-state index in [2.05, 4.69) is 34.3 Å². The van der Waals surface area contributed by atoms with Gasteiger partial charge in [-0.25, -0.2) is 0 Å². The van der Waals surface area contributed by atoms with Gasteiger partial charge in [0.15, 0.2) is 0 Å². The van der Waals surface area contributed by atoms with Gasteiger partial charge in [-0.15, -0.1) is 0 Å². The number of carbonyl (C=O) groups is 1. The maximum Gasteiger partial charge on any atom is 0.221 e. The molecule has 2 aliphatic rings. The normalized spacial score (nSPS) is 26.0. The summed E-state index contributed by atoms with van der Waals surface area (Å²) in [4.78, 5) is 17.2. The molecule has 0 bridgehead atoms. The summed E-state index contributed by atoms with van der Waals surface area (Å²) in [5.41, 5.74) is 1.24. The van der Waals surface area contributed by atoms with Crippen LogP contribution >= 0.6 is 0 Å². The number of hydrogen-bond donors (Lipinski definition) is 2. The predicted octanol–water partition coefficient (Wildman–Crippen LogP) is 1.12. The van der Waals surface area contributed by atoms with Crippen molar-refractivity contribution < 1.29 is 9.90 Å². The summed E-state index contributed by atoms with van der Waals surface area (Å²) >= 11 is 0. The number of rotatable bonds is 7. The third-order valence-electron chi connectivity index (χ3n) is 5.61. The van der Waals surface area contributed by atoms with E-state index in [1.807, 2.05) is 18.2 Å². The second-order valence-corrected chi connectivity index (χ2v) is 7.64. The first kappa shape index (κ1) is 18.4. The van der Waals surface area contributed by atoms with Crippen LogP contribution in [0.25, 0.3) is 0 Å². The quantitative estimate of drug-likeness (QED) is 0.778. The minimum absolute atomic E-state index is 0.130. The van der Waals surface area contributed by atoms with E-state index in [9.17, 15) is 9.90 Å². The van der Waals surface area contributed by atoms with E-state index >= 15 is 0 Å². The van der Waals surface area contributed by atoms with Gasteiger partial charge < -0.3 is 20.2 Å². The maximum absolute atomic E-state index is 12.5. The average molecular weight is 345 g/mol. The first-order valence-corrected chi connectivity index (χ1v) is 9.52. The lowest BCUT2D eigenvalue weighted by Gasteiger charge is -2.38. The number of likely N-dealkylation sites (N-methyl/N-ethyl adjacent to an activating group) is 1. The van der Waals surface area contributed by atoms with Crippen molar-refractivity contribution in [3.05, 3.63) is 35.9 Å². The molecule has 1 saturated heterocycles. The number of aliphatic hydroxyl groups is 1. The van der Waals surface area contributed by atoms with Crippen molar-refractivity contribution in [1.29, 1.82) is 0 Å². The molecule has 25 heavy (non-hydrogen) atoms. The molecular weight excluding hydrogens is 314 g/mol. The van der Waals surface area contributed by atoms with E-state index in [4.69, 9.17) is 0 Å². The molecule has 0 radical (unpaired) electrons. The smallest absolute Gasteiger partial charge is 0.221 e. The third-order valence-corrected chi connectivity index (χ3v) is 5.61. The molecule has 1 aromatic rings. The summed E-state index contributed by atoms with van der Waals surface area (Å²) in [6.07, 6.45) is 2.82. The minimum atomic E-state index is -0.189. The van der Waals surface area contributed by atoms with Crippen LogP contribution in [-0.2, 0) is 11.2 Å². The van der Waals surface area contributed by atoms with Crippen LogP contribution in [0.15, 0.2) is 30.3 Å². The SMILES string of the molecule is CN1CCN(CCC(=O)NC(Cc2ccccc2)C2CC(O)C2)CC1. The molecule has 1 aliphatic heterocycles. The van der Waals surface area contributed by atoms with Gasteiger partial charge in [0.2, 0.25) is 5.91 Å². The molecule has 1 aromatic carbocycles. The zero-order valence-electron chi connectivity index (χ0n) is 15.2. The zero-order valence-corrected chi connectivity index (χ0v) is 15.2. The van der Waals surface area contributed by atoms with Crippen LogP contribution in [0.4, 0.5) is 0 Å². The summed E-state index contributed by atoms with van der Waals surface area (Å²) in [6, 6.07) is 10.4. The van der Waals surface area contributed by atoms with Crippen molar-refractivity contribution in [3.63, 3.8) is 0 Å². The molecule has 0 spiro atoms. The molecule has 3 rings (SSSR count). The predicted molar refractivity (Wildman–Crippen MR) is 99.4 cm³/mol. The first-order valence-electron chi connectivity index (χ1n) is 9.52. The largest absolute Gasteiger partial charge is 0.393 e. The lowest BCUT2D eigenvalue weighted by atomic mass is 9.75. The van der Waals surface area contributed by atoms with Crippen LogP contribution in [0.2, 0.25) is 0 Å². The first-order chi connectivity index (χ1) is 12.1. The fraction of sp³-hybridized carbons (Fsp3) is 0.650. The monoisotopic (exact) mass is 345 g/mol. The summed E-state index contributed by atoms with van der Waals surface area (Å²) in [6.45, 7) is 5.10. The Labute approximate surface area is 151 Å². The third kappa shape index (κ3) is 5.53. The Hall–Kier alpha value is -1.43. The summed E-state index contributed by atoms with van der Waals surface area (Å²) < 4.78 is 0. The Bertz CT molecular complexity index is 537. The highest BCUT2D eigenvalue weighted by Crippen LogP contribution is 2.31. The number of nitrogens with zero attached hydrogens (tertiary/aromatic N) is 2. The molecule has 1 saturated carbocycles. The standard InChI is InChI=1S/C20H31N3O2/c1-22-9-11-23(12-10-22)8-7-20(25)21-19(17-14-18(24)15-17)13-16-5-3-2-4-6-16/h2-6,17-19,24H,7-15H2,1H3,(H,21,25). The average Bonchev–Trinajstić information content (AvgIpc) is 2.59. The van der Waals surface area contributed by atoms with E-state index in [-0.39, 0.29) is 18.1 Å². The van der Waals surface area contributed by atoms with Gasteiger partial charge in [0.25, 0.3) is 0 Å².